The first-order valence-corrected chi connectivity index (χ1v) is 5.25. The summed E-state index contributed by atoms with van der Waals surface area (Å²) < 4.78 is 0. The van der Waals surface area contributed by atoms with Crippen molar-refractivity contribution in [3.63, 3.8) is 0 Å². The van der Waals surface area contributed by atoms with Crippen LogP contribution in [0.2, 0.25) is 0 Å². The van der Waals surface area contributed by atoms with Gasteiger partial charge in [0.05, 0.1) is 5.84 Å². The molecule has 0 amide bonds. The van der Waals surface area contributed by atoms with Gasteiger partial charge in [-0.3, -0.25) is 4.99 Å². The smallest absolute Gasteiger partial charge is 0.0994 e. The summed E-state index contributed by atoms with van der Waals surface area (Å²) in [5.41, 5.74) is 0. The highest BCUT2D eigenvalue weighted by Gasteiger charge is 2.20. The average molecular weight is 166 g/mol. The molecule has 0 bridgehead atoms. The number of rotatable bonds is 1. The number of hydrogen-bond donors (Lipinski definition) is 1. The number of aliphatic imine (C=N–C) groups is 1. The van der Waals surface area contributed by atoms with E-state index in [1.54, 1.807) is 0 Å². The highest BCUT2D eigenvalue weighted by molar-refractivity contribution is 5.84. The zero-order valence-corrected chi connectivity index (χ0v) is 7.68. The minimum absolute atomic E-state index is 0.781. The second kappa shape index (κ2) is 3.92. The van der Waals surface area contributed by atoms with Gasteiger partial charge in [-0.2, -0.15) is 0 Å². The molecule has 2 heteroatoms. The van der Waals surface area contributed by atoms with Crippen LogP contribution in [0.1, 0.15) is 38.5 Å². The van der Waals surface area contributed by atoms with Gasteiger partial charge in [0.1, 0.15) is 0 Å². The molecule has 1 heterocycles. The summed E-state index contributed by atoms with van der Waals surface area (Å²) in [6.45, 7) is 2.20. The van der Waals surface area contributed by atoms with Crippen LogP contribution < -0.4 is 5.32 Å². The second-order valence-electron chi connectivity index (χ2n) is 3.88. The summed E-state index contributed by atoms with van der Waals surface area (Å²) in [6.07, 6.45) is 8.11. The molecule has 2 aliphatic rings. The van der Waals surface area contributed by atoms with Crippen LogP contribution in [0, 0.1) is 5.92 Å². The molecule has 2 nitrogen and oxygen atoms in total. The molecule has 0 aromatic carbocycles. The van der Waals surface area contributed by atoms with E-state index in [1.165, 1.54) is 44.4 Å². The van der Waals surface area contributed by atoms with E-state index in [-0.39, 0.29) is 0 Å². The Balaban J connectivity index is 1.95. The van der Waals surface area contributed by atoms with Crippen molar-refractivity contribution in [2.24, 2.45) is 10.9 Å². The van der Waals surface area contributed by atoms with Crippen molar-refractivity contribution in [1.82, 2.24) is 5.32 Å². The Bertz CT molecular complexity index is 169. The predicted octanol–water partition coefficient (Wildman–Crippen LogP) is 1.96. The zero-order valence-electron chi connectivity index (χ0n) is 7.68. The average Bonchev–Trinajstić information content (AvgIpc) is 2.48. The van der Waals surface area contributed by atoms with Crippen molar-refractivity contribution in [3.8, 4) is 0 Å². The van der Waals surface area contributed by atoms with E-state index in [4.69, 9.17) is 0 Å². The fraction of sp³-hybridized carbons (Fsp3) is 0.900. The number of amidine groups is 1. The van der Waals surface area contributed by atoms with Crippen LogP contribution in [-0.2, 0) is 0 Å². The predicted molar refractivity (Wildman–Crippen MR) is 51.5 cm³/mol. The summed E-state index contributed by atoms with van der Waals surface area (Å²) in [6, 6.07) is 0. The molecule has 68 valence electrons. The molecule has 1 N–H and O–H groups in total. The van der Waals surface area contributed by atoms with Crippen molar-refractivity contribution in [1.29, 1.82) is 0 Å². The molecule has 1 fully saturated rings. The lowest BCUT2D eigenvalue weighted by atomic mass is 10.1. The van der Waals surface area contributed by atoms with E-state index < -0.39 is 0 Å². The first-order valence-electron chi connectivity index (χ1n) is 5.25. The van der Waals surface area contributed by atoms with Gasteiger partial charge < -0.3 is 5.32 Å². The normalized spacial score (nSPS) is 26.2. The standard InChI is InChI=1S/C10H18N2/c1-2-6-9(5-1)10-11-7-3-4-8-12-10/h9H,1-8H2,(H,11,12). The second-order valence-corrected chi connectivity index (χ2v) is 3.88. The first-order chi connectivity index (χ1) is 5.97. The summed E-state index contributed by atoms with van der Waals surface area (Å²) >= 11 is 0. The Labute approximate surface area is 74.5 Å². The number of hydrogen-bond acceptors (Lipinski definition) is 2. The fourth-order valence-corrected chi connectivity index (χ4v) is 2.18. The van der Waals surface area contributed by atoms with Crippen molar-refractivity contribution in [3.05, 3.63) is 0 Å². The lowest BCUT2D eigenvalue weighted by Gasteiger charge is -2.12. The van der Waals surface area contributed by atoms with E-state index in [0.29, 0.717) is 0 Å². The molecule has 0 aromatic rings. The Morgan fingerprint density at radius 3 is 2.75 bits per heavy atom. The summed E-state index contributed by atoms with van der Waals surface area (Å²) in [5.74, 6) is 2.10. The van der Waals surface area contributed by atoms with Crippen LogP contribution in [0.4, 0.5) is 0 Å². The maximum Gasteiger partial charge on any atom is 0.0994 e. The van der Waals surface area contributed by atoms with Gasteiger partial charge in [0, 0.05) is 19.0 Å². The van der Waals surface area contributed by atoms with Gasteiger partial charge in [-0.05, 0) is 25.7 Å². The van der Waals surface area contributed by atoms with Crippen LogP contribution >= 0.6 is 0 Å². The minimum atomic E-state index is 0.781. The molecule has 1 aliphatic heterocycles. The molecular weight excluding hydrogens is 148 g/mol. The third kappa shape index (κ3) is 1.79. The highest BCUT2D eigenvalue weighted by atomic mass is 15.0. The Hall–Kier alpha value is -0.530. The van der Waals surface area contributed by atoms with Crippen molar-refractivity contribution in [2.75, 3.05) is 13.1 Å². The molecule has 0 unspecified atom stereocenters. The van der Waals surface area contributed by atoms with Gasteiger partial charge in [-0.25, -0.2) is 0 Å². The lowest BCUT2D eigenvalue weighted by Crippen LogP contribution is -2.29. The van der Waals surface area contributed by atoms with Crippen LogP contribution in [0.15, 0.2) is 4.99 Å². The van der Waals surface area contributed by atoms with Gasteiger partial charge in [0.2, 0.25) is 0 Å². The summed E-state index contributed by atoms with van der Waals surface area (Å²) in [4.78, 5) is 4.61. The maximum atomic E-state index is 4.61. The molecular formula is C10H18N2. The van der Waals surface area contributed by atoms with Gasteiger partial charge in [0.25, 0.3) is 0 Å². The molecule has 0 atom stereocenters. The number of nitrogens with one attached hydrogen (secondary N) is 1. The van der Waals surface area contributed by atoms with Gasteiger partial charge in [0.15, 0.2) is 0 Å². The van der Waals surface area contributed by atoms with Crippen molar-refractivity contribution < 1.29 is 0 Å². The maximum absolute atomic E-state index is 4.61. The first kappa shape index (κ1) is 8.09. The molecule has 0 radical (unpaired) electrons. The van der Waals surface area contributed by atoms with Crippen molar-refractivity contribution in [2.45, 2.75) is 38.5 Å². The quantitative estimate of drug-likeness (QED) is 0.632. The molecule has 2 rings (SSSR count). The molecule has 1 saturated carbocycles. The third-order valence-corrected chi connectivity index (χ3v) is 2.92. The molecule has 0 saturated heterocycles. The summed E-state index contributed by atoms with van der Waals surface area (Å²) in [7, 11) is 0. The van der Waals surface area contributed by atoms with Crippen molar-refractivity contribution >= 4 is 5.84 Å². The zero-order chi connectivity index (χ0) is 8.23. The molecule has 0 spiro atoms. The SMILES string of the molecule is C1CCNC(C2CCCC2)=NC1. The van der Waals surface area contributed by atoms with Crippen LogP contribution in [0.5, 0.6) is 0 Å². The summed E-state index contributed by atoms with van der Waals surface area (Å²) in [5, 5.41) is 3.47. The van der Waals surface area contributed by atoms with E-state index >= 15 is 0 Å². The fourth-order valence-electron chi connectivity index (χ4n) is 2.18. The third-order valence-electron chi connectivity index (χ3n) is 2.92. The molecule has 1 aliphatic carbocycles. The molecule has 0 aromatic heterocycles. The number of nitrogens with zero attached hydrogens (tertiary/aromatic N) is 1. The molecule has 12 heavy (non-hydrogen) atoms. The van der Waals surface area contributed by atoms with Gasteiger partial charge >= 0.3 is 0 Å². The topological polar surface area (TPSA) is 24.4 Å². The van der Waals surface area contributed by atoms with Crippen LogP contribution in [0.3, 0.4) is 0 Å². The largest absolute Gasteiger partial charge is 0.374 e. The monoisotopic (exact) mass is 166 g/mol. The van der Waals surface area contributed by atoms with Crippen LogP contribution in [-0.4, -0.2) is 18.9 Å². The van der Waals surface area contributed by atoms with E-state index in [2.05, 4.69) is 10.3 Å². The van der Waals surface area contributed by atoms with Crippen LogP contribution in [0.25, 0.3) is 0 Å². The Morgan fingerprint density at radius 2 is 1.92 bits per heavy atom. The van der Waals surface area contributed by atoms with Gasteiger partial charge in [-0.15, -0.1) is 0 Å². The van der Waals surface area contributed by atoms with E-state index in [1.807, 2.05) is 0 Å². The van der Waals surface area contributed by atoms with Gasteiger partial charge in [-0.1, -0.05) is 12.8 Å². The minimum Gasteiger partial charge on any atom is -0.374 e. The highest BCUT2D eigenvalue weighted by Crippen LogP contribution is 2.25. The Kier molecular flexibility index (Phi) is 2.64. The van der Waals surface area contributed by atoms with E-state index in [9.17, 15) is 0 Å². The Morgan fingerprint density at radius 1 is 1.08 bits per heavy atom. The van der Waals surface area contributed by atoms with E-state index in [0.717, 1.165) is 19.0 Å². The lowest BCUT2D eigenvalue weighted by molar-refractivity contribution is 0.685.